The van der Waals surface area contributed by atoms with Crippen molar-refractivity contribution in [3.8, 4) is 0 Å². The number of unbranched alkanes of at least 4 members (excludes halogenated alkanes) is 1. The first-order valence-electron chi connectivity index (χ1n) is 9.08. The minimum atomic E-state index is -0.679. The van der Waals surface area contributed by atoms with Crippen molar-refractivity contribution in [1.29, 1.82) is 0 Å². The van der Waals surface area contributed by atoms with Crippen molar-refractivity contribution < 1.29 is 14.7 Å². The molecule has 1 aliphatic heterocycles. The van der Waals surface area contributed by atoms with E-state index in [9.17, 15) is 14.7 Å². The lowest BCUT2D eigenvalue weighted by Crippen LogP contribution is -2.64. The molecule has 1 heterocycles. The zero-order chi connectivity index (χ0) is 17.2. The monoisotopic (exact) mass is 324 g/mol. The Morgan fingerprint density at radius 1 is 1.26 bits per heavy atom. The molecule has 2 fully saturated rings. The van der Waals surface area contributed by atoms with Gasteiger partial charge in [0.1, 0.15) is 0 Å². The number of carbonyl (C=O) groups excluding carboxylic acids is 2. The molecule has 132 valence electrons. The molecule has 0 aromatic heterocycles. The third-order valence-corrected chi connectivity index (χ3v) is 6.02. The summed E-state index contributed by atoms with van der Waals surface area (Å²) in [5.74, 6) is -0.182. The van der Waals surface area contributed by atoms with Crippen molar-refractivity contribution >= 4 is 11.8 Å². The predicted molar refractivity (Wildman–Crippen MR) is 89.8 cm³/mol. The van der Waals surface area contributed by atoms with Crippen molar-refractivity contribution in [3.63, 3.8) is 0 Å². The average Bonchev–Trinajstić information content (AvgIpc) is 2.48. The maximum atomic E-state index is 11.8. The van der Waals surface area contributed by atoms with Crippen LogP contribution in [0.3, 0.4) is 0 Å². The summed E-state index contributed by atoms with van der Waals surface area (Å²) in [6, 6.07) is 0.0986. The Kier molecular flexibility index (Phi) is 5.84. The fourth-order valence-electron chi connectivity index (χ4n) is 4.64. The lowest BCUT2D eigenvalue weighted by molar-refractivity contribution is -0.161. The minimum Gasteiger partial charge on any atom is -0.388 e. The van der Waals surface area contributed by atoms with Crippen LogP contribution in [-0.2, 0) is 9.59 Å². The van der Waals surface area contributed by atoms with E-state index in [1.54, 1.807) is 0 Å². The Bertz CT molecular complexity index is 440. The number of fused-ring (bicyclic) bond motifs is 1. The lowest BCUT2D eigenvalue weighted by Gasteiger charge is -2.54. The van der Waals surface area contributed by atoms with E-state index >= 15 is 0 Å². The third kappa shape index (κ3) is 3.61. The van der Waals surface area contributed by atoms with Gasteiger partial charge in [-0.05, 0) is 58.0 Å². The van der Waals surface area contributed by atoms with Crippen molar-refractivity contribution in [1.82, 2.24) is 9.80 Å². The van der Waals surface area contributed by atoms with Gasteiger partial charge in [-0.1, -0.05) is 13.3 Å². The highest BCUT2D eigenvalue weighted by Gasteiger charge is 2.51. The van der Waals surface area contributed by atoms with Gasteiger partial charge >= 0.3 is 0 Å². The maximum absolute atomic E-state index is 11.8. The summed E-state index contributed by atoms with van der Waals surface area (Å²) in [7, 11) is 0. The summed E-state index contributed by atoms with van der Waals surface area (Å²) in [5.41, 5.74) is -0.679. The molecule has 2 rings (SSSR count). The first kappa shape index (κ1) is 18.4. The summed E-state index contributed by atoms with van der Waals surface area (Å²) in [4.78, 5) is 27.4. The molecule has 0 spiro atoms. The SMILES string of the molecule is CCCCN1CCC2CC(N(C(C)=O)C(C)=O)CCC2(O)[C@H]1C. The Labute approximate surface area is 140 Å². The molecule has 1 N–H and O–H groups in total. The van der Waals surface area contributed by atoms with Crippen LogP contribution in [0.4, 0.5) is 0 Å². The number of aliphatic hydroxyl groups is 1. The van der Waals surface area contributed by atoms with Gasteiger partial charge in [0.05, 0.1) is 5.60 Å². The topological polar surface area (TPSA) is 60.9 Å². The molecule has 1 saturated heterocycles. The van der Waals surface area contributed by atoms with Crippen LogP contribution in [0.2, 0.25) is 0 Å². The molecule has 2 aliphatic rings. The van der Waals surface area contributed by atoms with Gasteiger partial charge < -0.3 is 5.11 Å². The largest absolute Gasteiger partial charge is 0.388 e. The van der Waals surface area contributed by atoms with Gasteiger partial charge in [0.25, 0.3) is 0 Å². The first-order valence-corrected chi connectivity index (χ1v) is 9.08. The molecular weight excluding hydrogens is 292 g/mol. The zero-order valence-corrected chi connectivity index (χ0v) is 15.0. The van der Waals surface area contributed by atoms with Gasteiger partial charge in [0.2, 0.25) is 11.8 Å². The number of hydrogen-bond donors (Lipinski definition) is 1. The summed E-state index contributed by atoms with van der Waals surface area (Å²) in [5, 5.41) is 11.3. The highest BCUT2D eigenvalue weighted by Crippen LogP contribution is 2.44. The number of imide groups is 1. The molecule has 2 amide bonds. The second-order valence-corrected chi connectivity index (χ2v) is 7.38. The fraction of sp³-hybridized carbons (Fsp3) is 0.889. The predicted octanol–water partition coefficient (Wildman–Crippen LogP) is 2.18. The fourth-order valence-corrected chi connectivity index (χ4v) is 4.64. The highest BCUT2D eigenvalue weighted by atomic mass is 16.3. The van der Waals surface area contributed by atoms with E-state index in [-0.39, 0.29) is 29.8 Å². The Morgan fingerprint density at radius 2 is 1.91 bits per heavy atom. The summed E-state index contributed by atoms with van der Waals surface area (Å²) < 4.78 is 0. The zero-order valence-electron chi connectivity index (χ0n) is 15.0. The molecule has 1 saturated carbocycles. The van der Waals surface area contributed by atoms with Crippen LogP contribution >= 0.6 is 0 Å². The van der Waals surface area contributed by atoms with Gasteiger partial charge in [-0.25, -0.2) is 0 Å². The second kappa shape index (κ2) is 7.31. The molecule has 5 nitrogen and oxygen atoms in total. The number of hydrogen-bond acceptors (Lipinski definition) is 4. The normalized spacial score (nSPS) is 34.7. The summed E-state index contributed by atoms with van der Waals surface area (Å²) in [6.07, 6.45) is 5.39. The molecule has 3 unspecified atom stereocenters. The van der Waals surface area contributed by atoms with Crippen LogP contribution in [0, 0.1) is 5.92 Å². The second-order valence-electron chi connectivity index (χ2n) is 7.38. The Balaban J connectivity index is 2.08. The van der Waals surface area contributed by atoms with Crippen molar-refractivity contribution in [2.75, 3.05) is 13.1 Å². The van der Waals surface area contributed by atoms with Crippen molar-refractivity contribution in [2.45, 2.75) is 83.9 Å². The van der Waals surface area contributed by atoms with Crippen molar-refractivity contribution in [3.05, 3.63) is 0 Å². The number of likely N-dealkylation sites (tertiary alicyclic amines) is 1. The molecule has 0 bridgehead atoms. The van der Waals surface area contributed by atoms with Gasteiger partial charge in [-0.15, -0.1) is 0 Å². The highest BCUT2D eigenvalue weighted by molar-refractivity contribution is 5.93. The summed E-state index contributed by atoms with van der Waals surface area (Å²) in [6.45, 7) is 9.28. The molecule has 1 aliphatic carbocycles. The van der Waals surface area contributed by atoms with Crippen LogP contribution in [-0.4, -0.2) is 57.5 Å². The maximum Gasteiger partial charge on any atom is 0.226 e. The number of carbonyl (C=O) groups is 2. The van der Waals surface area contributed by atoms with Gasteiger partial charge in [-0.2, -0.15) is 0 Å². The minimum absolute atomic E-state index is 0.0512. The number of piperidine rings is 1. The Morgan fingerprint density at radius 3 is 2.48 bits per heavy atom. The van der Waals surface area contributed by atoms with E-state index < -0.39 is 5.60 Å². The standard InChI is InChI=1S/C18H32N2O3/c1-5-6-10-19-11-8-16-12-17(20(14(3)21)15(4)22)7-9-18(16,23)13(19)2/h13,16-17,23H,5-12H2,1-4H3/t13-,16?,17?,18?/m1/s1. The molecule has 0 aromatic carbocycles. The van der Waals surface area contributed by atoms with Crippen molar-refractivity contribution in [2.24, 2.45) is 5.92 Å². The van der Waals surface area contributed by atoms with Gasteiger partial charge in [0, 0.05) is 25.9 Å². The number of nitrogens with zero attached hydrogens (tertiary/aromatic N) is 2. The smallest absolute Gasteiger partial charge is 0.226 e. The molecular formula is C18H32N2O3. The first-order chi connectivity index (χ1) is 10.8. The molecule has 5 heteroatoms. The van der Waals surface area contributed by atoms with Crippen LogP contribution < -0.4 is 0 Å². The number of amides is 2. The summed E-state index contributed by atoms with van der Waals surface area (Å²) >= 11 is 0. The average molecular weight is 324 g/mol. The van der Waals surface area contributed by atoms with E-state index in [4.69, 9.17) is 0 Å². The van der Waals surface area contributed by atoms with E-state index in [1.165, 1.54) is 25.2 Å². The van der Waals surface area contributed by atoms with E-state index in [2.05, 4.69) is 18.7 Å². The van der Waals surface area contributed by atoms with Crippen LogP contribution in [0.1, 0.15) is 66.2 Å². The van der Waals surface area contributed by atoms with Crippen LogP contribution in [0.5, 0.6) is 0 Å². The van der Waals surface area contributed by atoms with Gasteiger partial charge in [-0.3, -0.25) is 19.4 Å². The van der Waals surface area contributed by atoms with Gasteiger partial charge in [0.15, 0.2) is 0 Å². The third-order valence-electron chi connectivity index (χ3n) is 6.02. The molecule has 23 heavy (non-hydrogen) atoms. The Hall–Kier alpha value is -0.940. The lowest BCUT2D eigenvalue weighted by atomic mass is 9.66. The van der Waals surface area contributed by atoms with Crippen LogP contribution in [0.25, 0.3) is 0 Å². The van der Waals surface area contributed by atoms with E-state index in [1.807, 2.05) is 0 Å². The quantitative estimate of drug-likeness (QED) is 0.861. The molecule has 0 aromatic rings. The molecule has 0 radical (unpaired) electrons. The molecule has 4 atom stereocenters. The van der Waals surface area contributed by atoms with E-state index in [0.717, 1.165) is 32.4 Å². The number of rotatable bonds is 4. The van der Waals surface area contributed by atoms with Crippen LogP contribution in [0.15, 0.2) is 0 Å². The van der Waals surface area contributed by atoms with E-state index in [0.29, 0.717) is 12.8 Å².